The molecular weight excluding hydrogens is 1320 g/mol. The summed E-state index contributed by atoms with van der Waals surface area (Å²) < 4.78 is 20.9. The number of aromatic amines is 4. The average molecular weight is 1390 g/mol. The molecule has 0 saturated heterocycles. The molecule has 0 atom stereocenters. The molecule has 0 aliphatic heterocycles. The fraction of sp³-hybridized carbons (Fsp3) is 0.0769. The van der Waals surface area contributed by atoms with Crippen molar-refractivity contribution in [2.24, 2.45) is 0 Å². The molecule has 0 saturated carbocycles. The first kappa shape index (κ1) is 82.9. The average Bonchev–Trinajstić information content (AvgIpc) is 0.825. The molecule has 0 fully saturated rings. The van der Waals surface area contributed by atoms with E-state index in [0.717, 1.165) is 105 Å². The van der Waals surface area contributed by atoms with Crippen molar-refractivity contribution in [3.63, 3.8) is 0 Å². The van der Waals surface area contributed by atoms with Crippen molar-refractivity contribution in [1.29, 1.82) is 0 Å². The second-order valence-electron chi connectivity index (χ2n) is 22.4. The number of benzene rings is 8. The van der Waals surface area contributed by atoms with Crippen LogP contribution < -0.4 is 55.5 Å². The molecular formula is C78H68Al4Be4N8O8+8. The quantitative estimate of drug-likeness (QED) is 0.150. The first-order valence-electron chi connectivity index (χ1n) is 30.9. The van der Waals surface area contributed by atoms with Crippen molar-refractivity contribution in [1.82, 2.24) is 19.9 Å². The Morgan fingerprint density at radius 1 is 0.294 bits per heavy atom. The molecule has 8 aromatic carbocycles. The zero-order valence-corrected chi connectivity index (χ0v) is 63.6. The smallest absolute Gasteiger partial charge is 0.868 e. The molecule has 16 aromatic rings. The van der Waals surface area contributed by atoms with Crippen LogP contribution >= 0.6 is 0 Å². The van der Waals surface area contributed by atoms with Crippen molar-refractivity contribution in [2.45, 2.75) is 41.5 Å². The van der Waals surface area contributed by atoms with Crippen LogP contribution in [0.2, 0.25) is 0 Å². The number of aryl methyl sites for hydroxylation is 6. The monoisotopic (exact) mass is 1390 g/mol. The summed E-state index contributed by atoms with van der Waals surface area (Å²) in [5.41, 5.74) is 13.3. The third kappa shape index (κ3) is 22.1. The van der Waals surface area contributed by atoms with Crippen LogP contribution in [0.3, 0.4) is 0 Å². The maximum Gasteiger partial charge on any atom is 2.00 e. The zero-order valence-electron chi connectivity index (χ0n) is 58.0. The van der Waals surface area contributed by atoms with Crippen LogP contribution in [0.4, 0.5) is 0 Å². The second-order valence-corrected chi connectivity index (χ2v) is 23.5. The minimum absolute atomic E-state index is 0. The van der Waals surface area contributed by atoms with E-state index in [1.54, 1.807) is 73.4 Å². The number of nitrogens with zero attached hydrogens (tertiary/aromatic N) is 4. The van der Waals surface area contributed by atoms with E-state index in [9.17, 15) is 20.4 Å². The van der Waals surface area contributed by atoms with Gasteiger partial charge in [0.15, 0.2) is 24.8 Å². The summed E-state index contributed by atoms with van der Waals surface area (Å²) >= 11 is 5.89. The summed E-state index contributed by atoms with van der Waals surface area (Å²) in [5, 5.41) is 53.5. The molecule has 16 rings (SSSR count). The van der Waals surface area contributed by atoms with Crippen LogP contribution in [-0.4, -0.2) is 127 Å². The van der Waals surface area contributed by atoms with Gasteiger partial charge in [0.25, 0.3) is 0 Å². The fourth-order valence-corrected chi connectivity index (χ4v) is 11.4. The summed E-state index contributed by atoms with van der Waals surface area (Å²) in [5.74, 6) is 3.59. The summed E-state index contributed by atoms with van der Waals surface area (Å²) in [6.45, 7) is 12.1. The van der Waals surface area contributed by atoms with Gasteiger partial charge in [0.1, 0.15) is 45.1 Å². The Labute approximate surface area is 641 Å². The van der Waals surface area contributed by atoms with Crippen molar-refractivity contribution in [2.75, 3.05) is 0 Å². The summed E-state index contributed by atoms with van der Waals surface area (Å²) in [6.07, 6.45) is 14.4. The summed E-state index contributed by atoms with van der Waals surface area (Å²) in [4.78, 5) is 28.9. The molecule has 16 nitrogen and oxygen atoms in total. The van der Waals surface area contributed by atoms with Gasteiger partial charge in [0, 0.05) is 91.6 Å². The Bertz CT molecular complexity index is 5310. The van der Waals surface area contributed by atoms with Crippen molar-refractivity contribution in [3.8, 4) is 46.0 Å². The Balaban J connectivity index is 0.000000209. The molecule has 4 radical (unpaired) electrons. The Hall–Kier alpha value is -9.75. The molecule has 480 valence electrons. The first-order chi connectivity index (χ1) is 47.6. The van der Waals surface area contributed by atoms with Gasteiger partial charge in [-0.1, -0.05) is 96.6 Å². The van der Waals surface area contributed by atoms with Crippen LogP contribution in [0.1, 0.15) is 33.4 Å². The van der Waals surface area contributed by atoms with Gasteiger partial charge in [-0.25, -0.2) is 19.9 Å². The van der Waals surface area contributed by atoms with Gasteiger partial charge in [-0.3, -0.25) is 19.9 Å². The van der Waals surface area contributed by atoms with Gasteiger partial charge in [-0.05, 0) is 184 Å². The Morgan fingerprint density at radius 3 is 1.30 bits per heavy atom. The first-order valence-corrected chi connectivity index (χ1v) is 33.2. The van der Waals surface area contributed by atoms with Crippen LogP contribution in [-0.2, 0) is 0 Å². The number of hydrogen-bond acceptors (Lipinski definition) is 12. The number of aromatic nitrogens is 8. The molecule has 8 heterocycles. The number of hydrogen-bond donors (Lipinski definition) is 0. The predicted molar refractivity (Wildman–Crippen MR) is 409 cm³/mol. The summed E-state index contributed by atoms with van der Waals surface area (Å²) in [7, 11) is 0. The number of nitrogens with one attached hydrogen (secondary N) is 4. The molecule has 0 bridgehead atoms. The van der Waals surface area contributed by atoms with E-state index in [1.807, 2.05) is 192 Å². The number of para-hydroxylation sites is 6. The van der Waals surface area contributed by atoms with E-state index in [4.69, 9.17) is 15.2 Å². The van der Waals surface area contributed by atoms with Gasteiger partial charge in [-0.15, -0.1) is 0 Å². The Morgan fingerprint density at radius 2 is 0.696 bits per heavy atom. The topological polar surface area (TPSA) is 237 Å². The minimum Gasteiger partial charge on any atom is -0.868 e. The molecule has 0 aliphatic carbocycles. The van der Waals surface area contributed by atoms with E-state index in [2.05, 4.69) is 71.9 Å². The fourth-order valence-electron chi connectivity index (χ4n) is 10.5. The largest absolute Gasteiger partial charge is 2.00 e. The number of H-pyrrole nitrogens is 4. The maximum atomic E-state index is 11.4. The van der Waals surface area contributed by atoms with Gasteiger partial charge in [0.2, 0.25) is 22.1 Å². The molecule has 8 aromatic heterocycles. The molecule has 24 heteroatoms. The molecule has 0 amide bonds. The molecule has 102 heavy (non-hydrogen) atoms. The van der Waals surface area contributed by atoms with Gasteiger partial charge in [0.05, 0.1) is 0 Å². The van der Waals surface area contributed by atoms with Crippen molar-refractivity contribution >= 4 is 194 Å². The van der Waals surface area contributed by atoms with Crippen LogP contribution in [0.5, 0.6) is 46.0 Å². The third-order valence-corrected chi connectivity index (χ3v) is 16.5. The van der Waals surface area contributed by atoms with Crippen LogP contribution in [0, 0.1) is 41.5 Å². The number of fused-ring (bicyclic) bond motifs is 8. The predicted octanol–water partition coefficient (Wildman–Crippen LogP) is 8.95. The van der Waals surface area contributed by atoms with Gasteiger partial charge in [-0.2, -0.15) is 0 Å². The number of pyridine rings is 8. The Kier molecular flexibility index (Phi) is 33.5. The normalized spacial score (nSPS) is 9.86. The van der Waals surface area contributed by atoms with E-state index >= 15 is 0 Å². The second kappa shape index (κ2) is 41.2. The SMILES string of the molecule is Cc1c[nH+]c2c([O-])cccc2c1.Cc1cc([O-])c2[nH+]cccc2c1.Cc1cc([O][AlH])c2ncccc2c1.Cc1cc[nH+]c2c([O-])cccc12.Cc1ccnc2c([O][AlH])cccc12.Cc1cnc2c([O][AlH])cccc2c1.[AlH][O]c1cccc2cccnc12.[Be+2].[Be+2].[Be+2].[Be+2].[O-]c1cccc2ccc[nH+]c12. The molecule has 0 aliphatic rings. The van der Waals surface area contributed by atoms with E-state index in [0.29, 0.717) is 22.1 Å². The van der Waals surface area contributed by atoms with E-state index in [-0.39, 0.29) is 63.5 Å². The van der Waals surface area contributed by atoms with Crippen molar-refractivity contribution in [3.05, 3.63) is 289 Å². The van der Waals surface area contributed by atoms with E-state index < -0.39 is 0 Å². The standard InChI is InChI=1S/6C10H9NO.2C9H7NO.4Al.4Be.4H/c2*1-7-5-8-3-2-4-11-10(8)9(12)6-7;2*1-7-5-8-3-2-4-9(12)10(8)11-6-7;2*1-7-5-6-11-10-8(7)3-2-4-9(10)12;2*11-8-5-1-3-7-4-2-6-10-9(7)8;;;;;;;;;;;;/h6*2-6,12H,1H3;2*1-6,11H;;;;;;;;;;;;/q;;;;;;;;4*+1;4*+2;;;;/p-4. The summed E-state index contributed by atoms with van der Waals surface area (Å²) in [6, 6.07) is 65.0. The van der Waals surface area contributed by atoms with Gasteiger partial charge >= 0.3 is 107 Å². The third-order valence-electron chi connectivity index (χ3n) is 15.2. The molecule has 0 unspecified atom stereocenters. The van der Waals surface area contributed by atoms with E-state index in [1.165, 1.54) is 83.2 Å². The van der Waals surface area contributed by atoms with Crippen LogP contribution in [0.25, 0.3) is 87.2 Å². The minimum atomic E-state index is 0. The van der Waals surface area contributed by atoms with Crippen LogP contribution in [0.15, 0.2) is 256 Å². The zero-order chi connectivity index (χ0) is 69.5. The van der Waals surface area contributed by atoms with Gasteiger partial charge < -0.3 is 35.6 Å². The van der Waals surface area contributed by atoms with Crippen molar-refractivity contribution < 1.29 is 55.5 Å². The molecule has 4 N–H and O–H groups in total. The maximum absolute atomic E-state index is 11.4. The number of rotatable bonds is 4. The molecule has 0 spiro atoms.